The van der Waals surface area contributed by atoms with Crippen molar-refractivity contribution in [3.63, 3.8) is 0 Å². The van der Waals surface area contributed by atoms with E-state index in [0.29, 0.717) is 6.54 Å². The highest BCUT2D eigenvalue weighted by atomic mass is 32.1. The van der Waals surface area contributed by atoms with Crippen LogP contribution in [0.15, 0.2) is 97.6 Å². The van der Waals surface area contributed by atoms with Gasteiger partial charge in [0.2, 0.25) is 0 Å². The topological polar surface area (TPSA) is 51.8 Å². The molecule has 0 unspecified atom stereocenters. The summed E-state index contributed by atoms with van der Waals surface area (Å²) in [6, 6.07) is 26.4. The quantitative estimate of drug-likeness (QED) is 0.208. The maximum absolute atomic E-state index is 5.70. The second-order valence-corrected chi connectivity index (χ2v) is 10.6. The Morgan fingerprint density at radius 1 is 0.595 bits per heavy atom. The van der Waals surface area contributed by atoms with Crippen LogP contribution in [-0.4, -0.2) is 16.5 Å². The first kappa shape index (κ1) is 25.1. The Morgan fingerprint density at radius 2 is 1.11 bits per heavy atom. The smallest absolute Gasteiger partial charge is 0.0365 e. The molecule has 0 atom stereocenters. The molecule has 4 heteroatoms. The molecule has 5 rings (SSSR count). The Balaban J connectivity index is 1.39. The van der Waals surface area contributed by atoms with Gasteiger partial charge >= 0.3 is 0 Å². The molecule has 0 amide bonds. The number of pyridine rings is 2. The number of nitrogens with zero attached hydrogens (tertiary/aromatic N) is 2. The largest absolute Gasteiger partial charge is 0.330 e. The minimum Gasteiger partial charge on any atom is -0.330 e. The Bertz CT molecular complexity index is 1360. The maximum atomic E-state index is 5.70. The zero-order valence-electron chi connectivity index (χ0n) is 21.4. The molecular weight excluding hydrogens is 470 g/mol. The number of hydrogen-bond acceptors (Lipinski definition) is 4. The number of rotatable bonds is 10. The van der Waals surface area contributed by atoms with Crippen LogP contribution in [0.25, 0.3) is 43.1 Å². The van der Waals surface area contributed by atoms with Crippen molar-refractivity contribution in [3.8, 4) is 43.1 Å². The lowest BCUT2D eigenvalue weighted by Gasteiger charge is -2.07. The molecule has 0 radical (unpaired) electrons. The third-order valence-electron chi connectivity index (χ3n) is 6.66. The van der Waals surface area contributed by atoms with Gasteiger partial charge in [-0.05, 0) is 78.7 Å². The summed E-state index contributed by atoms with van der Waals surface area (Å²) in [6.45, 7) is 2.95. The first-order valence-electron chi connectivity index (χ1n) is 13.1. The number of nitrogens with two attached hydrogens (primary N) is 1. The van der Waals surface area contributed by atoms with Gasteiger partial charge in [0.25, 0.3) is 0 Å². The van der Waals surface area contributed by atoms with Gasteiger partial charge in [0.05, 0.1) is 0 Å². The summed E-state index contributed by atoms with van der Waals surface area (Å²) >= 11 is 1.78. The number of aromatic nitrogens is 2. The van der Waals surface area contributed by atoms with Crippen molar-refractivity contribution in [2.24, 2.45) is 5.73 Å². The molecule has 0 saturated heterocycles. The van der Waals surface area contributed by atoms with E-state index in [2.05, 4.69) is 89.7 Å². The van der Waals surface area contributed by atoms with Gasteiger partial charge in [0.15, 0.2) is 0 Å². The number of hydrogen-bond donors (Lipinski definition) is 1. The first-order valence-corrected chi connectivity index (χ1v) is 13.9. The average Bonchev–Trinajstić information content (AvgIpc) is 3.46. The molecule has 3 nitrogen and oxygen atoms in total. The molecule has 0 saturated carbocycles. The minimum absolute atomic E-state index is 0.714. The van der Waals surface area contributed by atoms with Crippen molar-refractivity contribution in [1.29, 1.82) is 0 Å². The average molecular weight is 504 g/mol. The lowest BCUT2D eigenvalue weighted by molar-refractivity contribution is 0.795. The molecule has 0 aliphatic carbocycles. The normalized spacial score (nSPS) is 11.1. The molecule has 0 aliphatic rings. The second kappa shape index (κ2) is 12.1. The maximum Gasteiger partial charge on any atom is 0.0365 e. The highest BCUT2D eigenvalue weighted by molar-refractivity contribution is 7.18. The van der Waals surface area contributed by atoms with Crippen LogP contribution in [0.1, 0.15) is 37.3 Å². The van der Waals surface area contributed by atoms with Gasteiger partial charge in [-0.3, -0.25) is 9.97 Å². The van der Waals surface area contributed by atoms with Crippen LogP contribution in [0, 0.1) is 0 Å². The zero-order valence-corrected chi connectivity index (χ0v) is 22.2. The van der Waals surface area contributed by atoms with Gasteiger partial charge in [-0.25, -0.2) is 0 Å². The summed E-state index contributed by atoms with van der Waals surface area (Å²) in [7, 11) is 0. The fraction of sp³-hybridized carbons (Fsp3) is 0.212. The third-order valence-corrected chi connectivity index (χ3v) is 7.84. The van der Waals surface area contributed by atoms with Gasteiger partial charge in [-0.1, -0.05) is 61.9 Å². The van der Waals surface area contributed by atoms with E-state index in [1.165, 1.54) is 44.8 Å². The second-order valence-electron chi connectivity index (χ2n) is 9.49. The minimum atomic E-state index is 0.714. The molecule has 186 valence electrons. The lowest BCUT2D eigenvalue weighted by atomic mass is 10.0. The van der Waals surface area contributed by atoms with E-state index in [1.807, 2.05) is 24.8 Å². The Labute approximate surface area is 224 Å². The van der Waals surface area contributed by atoms with Crippen molar-refractivity contribution >= 4 is 11.3 Å². The van der Waals surface area contributed by atoms with E-state index >= 15 is 0 Å². The van der Waals surface area contributed by atoms with Crippen LogP contribution < -0.4 is 5.73 Å². The molecule has 5 aromatic rings. The van der Waals surface area contributed by atoms with Gasteiger partial charge in [0, 0.05) is 56.8 Å². The van der Waals surface area contributed by atoms with E-state index in [1.54, 1.807) is 11.3 Å². The number of thiophene rings is 1. The Hall–Kier alpha value is -3.60. The first-order chi connectivity index (χ1) is 18.2. The molecule has 3 aromatic heterocycles. The fourth-order valence-electron chi connectivity index (χ4n) is 4.61. The van der Waals surface area contributed by atoms with Crippen LogP contribution in [0.3, 0.4) is 0 Å². The van der Waals surface area contributed by atoms with Crippen molar-refractivity contribution in [3.05, 3.63) is 109 Å². The monoisotopic (exact) mass is 503 g/mol. The van der Waals surface area contributed by atoms with E-state index in [0.717, 1.165) is 41.5 Å². The summed E-state index contributed by atoms with van der Waals surface area (Å²) in [5.74, 6) is 0. The Kier molecular flexibility index (Phi) is 8.19. The van der Waals surface area contributed by atoms with Gasteiger partial charge in [-0.15, -0.1) is 11.3 Å². The molecule has 0 spiro atoms. The van der Waals surface area contributed by atoms with Crippen LogP contribution in [-0.2, 0) is 12.8 Å². The van der Waals surface area contributed by atoms with Crippen LogP contribution in [0.4, 0.5) is 0 Å². The summed E-state index contributed by atoms with van der Waals surface area (Å²) in [5, 5.41) is 0. The predicted octanol–water partition coefficient (Wildman–Crippen LogP) is 8.44. The number of benzene rings is 2. The number of unbranched alkanes of at least 4 members (excludes halogenated alkanes) is 1. The molecule has 2 aromatic carbocycles. The Morgan fingerprint density at radius 3 is 1.62 bits per heavy atom. The summed E-state index contributed by atoms with van der Waals surface area (Å²) < 4.78 is 0. The van der Waals surface area contributed by atoms with E-state index in [-0.39, 0.29) is 0 Å². The summed E-state index contributed by atoms with van der Waals surface area (Å²) in [6.07, 6.45) is 13.4. The van der Waals surface area contributed by atoms with Crippen LogP contribution in [0.2, 0.25) is 0 Å². The van der Waals surface area contributed by atoms with Crippen molar-refractivity contribution in [1.82, 2.24) is 9.97 Å². The third kappa shape index (κ3) is 6.22. The van der Waals surface area contributed by atoms with E-state index < -0.39 is 0 Å². The fourth-order valence-corrected chi connectivity index (χ4v) is 5.58. The standard InChI is InChI=1S/C33H33N3S/c1-2-3-7-24-8-4-11-26(16-24)28-18-30(22-35-20-28)32-13-14-33(37-32)31-19-29(21-36-23-31)27-12-5-9-25(17-27)10-6-15-34/h4-5,8-9,11-14,16-23H,2-3,6-7,10,15,34H2,1H3. The highest BCUT2D eigenvalue weighted by Crippen LogP contribution is 2.36. The lowest BCUT2D eigenvalue weighted by Crippen LogP contribution is -2.00. The van der Waals surface area contributed by atoms with Crippen LogP contribution in [0.5, 0.6) is 0 Å². The summed E-state index contributed by atoms with van der Waals surface area (Å²) in [4.78, 5) is 11.6. The van der Waals surface area contributed by atoms with Gasteiger partial charge in [0.1, 0.15) is 0 Å². The molecule has 37 heavy (non-hydrogen) atoms. The van der Waals surface area contributed by atoms with Crippen molar-refractivity contribution in [2.75, 3.05) is 6.54 Å². The zero-order chi connectivity index (χ0) is 25.5. The van der Waals surface area contributed by atoms with Crippen LogP contribution >= 0.6 is 11.3 Å². The van der Waals surface area contributed by atoms with E-state index in [9.17, 15) is 0 Å². The predicted molar refractivity (Wildman–Crippen MR) is 158 cm³/mol. The molecular formula is C33H33N3S. The van der Waals surface area contributed by atoms with Crippen molar-refractivity contribution < 1.29 is 0 Å². The molecule has 2 N–H and O–H groups in total. The molecule has 0 bridgehead atoms. The highest BCUT2D eigenvalue weighted by Gasteiger charge is 2.10. The molecule has 0 fully saturated rings. The van der Waals surface area contributed by atoms with Gasteiger partial charge < -0.3 is 5.73 Å². The summed E-state index contributed by atoms with van der Waals surface area (Å²) in [5.41, 5.74) is 15.4. The number of aryl methyl sites for hydroxylation is 2. The van der Waals surface area contributed by atoms with E-state index in [4.69, 9.17) is 5.73 Å². The molecule has 0 aliphatic heterocycles. The van der Waals surface area contributed by atoms with Crippen molar-refractivity contribution in [2.45, 2.75) is 39.0 Å². The SMILES string of the molecule is CCCCc1cccc(-c2cncc(-c3ccc(-c4cncc(-c5cccc(CCCN)c5)c4)s3)c2)c1. The molecule has 3 heterocycles. The van der Waals surface area contributed by atoms with Gasteiger partial charge in [-0.2, -0.15) is 0 Å².